The number of anilines is 1. The highest BCUT2D eigenvalue weighted by molar-refractivity contribution is 7.92. The molecule has 0 radical (unpaired) electrons. The second-order valence-corrected chi connectivity index (χ2v) is 9.66. The lowest BCUT2D eigenvalue weighted by atomic mass is 10.1. The molecule has 0 atom stereocenters. The van der Waals surface area contributed by atoms with Crippen molar-refractivity contribution in [2.75, 3.05) is 11.0 Å². The molecule has 0 aliphatic rings. The van der Waals surface area contributed by atoms with E-state index in [0.717, 1.165) is 12.3 Å². The third kappa shape index (κ3) is 4.49. The standard InChI is InChI=1S/C22H21F2N5O3S/c1-12-7-15(10-28(3)22(12)30)18-9-19-20(21(26-18)27-33(4,31)32)25-13(2)29(19)11-14-5-6-16(23)8-17(14)24/h5-10H,11H2,1-4H3,(H,26,27). The molecular weight excluding hydrogens is 452 g/mol. The van der Waals surface area contributed by atoms with Crippen molar-refractivity contribution in [3.05, 3.63) is 75.5 Å². The Morgan fingerprint density at radius 2 is 1.82 bits per heavy atom. The molecule has 0 saturated heterocycles. The number of nitrogens with zero attached hydrogens (tertiary/aromatic N) is 4. The van der Waals surface area contributed by atoms with E-state index in [1.54, 1.807) is 43.8 Å². The van der Waals surface area contributed by atoms with Crippen molar-refractivity contribution in [3.63, 3.8) is 0 Å². The van der Waals surface area contributed by atoms with Crippen LogP contribution in [0.15, 0.2) is 41.3 Å². The first-order valence-corrected chi connectivity index (χ1v) is 11.8. The van der Waals surface area contributed by atoms with E-state index in [-0.39, 0.29) is 29.0 Å². The fraction of sp³-hybridized carbons (Fsp3) is 0.227. The minimum atomic E-state index is -3.68. The van der Waals surface area contributed by atoms with Crippen molar-refractivity contribution in [2.45, 2.75) is 20.4 Å². The molecule has 4 rings (SSSR count). The highest BCUT2D eigenvalue weighted by Crippen LogP contribution is 2.30. The maximum absolute atomic E-state index is 14.3. The second-order valence-electron chi connectivity index (χ2n) is 7.91. The molecule has 0 unspecified atom stereocenters. The molecule has 0 aliphatic heterocycles. The van der Waals surface area contributed by atoms with E-state index in [0.29, 0.717) is 28.2 Å². The van der Waals surface area contributed by atoms with E-state index >= 15 is 0 Å². The molecule has 11 heteroatoms. The van der Waals surface area contributed by atoms with Crippen LogP contribution in [0.4, 0.5) is 14.6 Å². The Kier molecular flexibility index (Phi) is 5.52. The Balaban J connectivity index is 1.97. The Morgan fingerprint density at radius 1 is 1.09 bits per heavy atom. The van der Waals surface area contributed by atoms with Gasteiger partial charge in [0.15, 0.2) is 5.82 Å². The fourth-order valence-corrected chi connectivity index (χ4v) is 4.16. The summed E-state index contributed by atoms with van der Waals surface area (Å²) in [6.45, 7) is 3.41. The summed E-state index contributed by atoms with van der Waals surface area (Å²) in [4.78, 5) is 21.0. The molecule has 172 valence electrons. The number of hydrogen-bond acceptors (Lipinski definition) is 5. The largest absolute Gasteiger partial charge is 0.323 e. The number of aromatic nitrogens is 4. The smallest absolute Gasteiger partial charge is 0.253 e. The Bertz CT molecular complexity index is 1550. The molecule has 0 bridgehead atoms. The van der Waals surface area contributed by atoms with Crippen molar-refractivity contribution >= 4 is 26.9 Å². The zero-order valence-electron chi connectivity index (χ0n) is 18.3. The number of aryl methyl sites for hydroxylation is 3. The molecular formula is C22H21F2N5O3S. The van der Waals surface area contributed by atoms with Crippen LogP contribution in [0, 0.1) is 25.5 Å². The lowest BCUT2D eigenvalue weighted by Crippen LogP contribution is -2.18. The molecule has 0 amide bonds. The molecule has 8 nitrogen and oxygen atoms in total. The minimum absolute atomic E-state index is 0.0120. The van der Waals surface area contributed by atoms with Gasteiger partial charge < -0.3 is 9.13 Å². The molecule has 0 aliphatic carbocycles. The summed E-state index contributed by atoms with van der Waals surface area (Å²) in [6, 6.07) is 6.69. The number of fused-ring (bicyclic) bond motifs is 1. The molecule has 4 aromatic rings. The van der Waals surface area contributed by atoms with Crippen LogP contribution in [-0.4, -0.2) is 33.8 Å². The number of benzene rings is 1. The number of halogens is 2. The molecule has 3 aromatic heterocycles. The first kappa shape index (κ1) is 22.6. The number of nitrogens with one attached hydrogen (secondary N) is 1. The summed E-state index contributed by atoms with van der Waals surface area (Å²) < 4.78 is 57.2. The highest BCUT2D eigenvalue weighted by atomic mass is 32.2. The number of imidazole rings is 1. The summed E-state index contributed by atoms with van der Waals surface area (Å²) in [5, 5.41) is 0. The highest BCUT2D eigenvalue weighted by Gasteiger charge is 2.19. The van der Waals surface area contributed by atoms with Gasteiger partial charge in [-0.05, 0) is 32.0 Å². The number of pyridine rings is 2. The van der Waals surface area contributed by atoms with Crippen LogP contribution in [0.3, 0.4) is 0 Å². The van der Waals surface area contributed by atoms with Crippen LogP contribution < -0.4 is 10.3 Å². The van der Waals surface area contributed by atoms with Crippen LogP contribution in [0.2, 0.25) is 0 Å². The predicted molar refractivity (Wildman–Crippen MR) is 122 cm³/mol. The normalized spacial score (nSPS) is 11.8. The average Bonchev–Trinajstić information content (AvgIpc) is 3.02. The first-order chi connectivity index (χ1) is 15.4. The quantitative estimate of drug-likeness (QED) is 0.480. The number of hydrogen-bond donors (Lipinski definition) is 1. The minimum Gasteiger partial charge on any atom is -0.323 e. The van der Waals surface area contributed by atoms with E-state index in [9.17, 15) is 22.0 Å². The van der Waals surface area contributed by atoms with Gasteiger partial charge in [-0.1, -0.05) is 6.07 Å². The van der Waals surface area contributed by atoms with E-state index in [1.165, 1.54) is 16.7 Å². The molecule has 1 N–H and O–H groups in total. The molecule has 0 fully saturated rings. The van der Waals surface area contributed by atoms with Gasteiger partial charge in [-0.3, -0.25) is 9.52 Å². The number of rotatable bonds is 5. The summed E-state index contributed by atoms with van der Waals surface area (Å²) in [5.41, 5.74) is 2.34. The van der Waals surface area contributed by atoms with Gasteiger partial charge in [0.1, 0.15) is 23.0 Å². The van der Waals surface area contributed by atoms with Crippen molar-refractivity contribution < 1.29 is 17.2 Å². The molecule has 33 heavy (non-hydrogen) atoms. The van der Waals surface area contributed by atoms with E-state index < -0.39 is 21.7 Å². The van der Waals surface area contributed by atoms with Crippen LogP contribution in [0.5, 0.6) is 0 Å². The SMILES string of the molecule is Cc1cc(-c2cc3c(nc(C)n3Cc3ccc(F)cc3F)c(NS(C)(=O)=O)n2)cn(C)c1=O. The predicted octanol–water partition coefficient (Wildman–Crippen LogP) is 3.11. The maximum Gasteiger partial charge on any atom is 0.253 e. The summed E-state index contributed by atoms with van der Waals surface area (Å²) in [6.07, 6.45) is 2.60. The van der Waals surface area contributed by atoms with Crippen molar-refractivity contribution in [3.8, 4) is 11.3 Å². The third-order valence-corrected chi connectivity index (χ3v) is 5.78. The number of sulfonamides is 1. The molecule has 3 heterocycles. The Labute approximate surface area is 188 Å². The molecule has 0 saturated carbocycles. The zero-order valence-corrected chi connectivity index (χ0v) is 19.2. The Hall–Kier alpha value is -3.60. The monoisotopic (exact) mass is 473 g/mol. The third-order valence-electron chi connectivity index (χ3n) is 5.21. The van der Waals surface area contributed by atoms with Crippen molar-refractivity contribution in [1.29, 1.82) is 0 Å². The van der Waals surface area contributed by atoms with Gasteiger partial charge in [-0.15, -0.1) is 0 Å². The van der Waals surface area contributed by atoms with Crippen LogP contribution >= 0.6 is 0 Å². The summed E-state index contributed by atoms with van der Waals surface area (Å²) in [5.74, 6) is -0.882. The average molecular weight is 474 g/mol. The van der Waals surface area contributed by atoms with Gasteiger partial charge >= 0.3 is 0 Å². The van der Waals surface area contributed by atoms with Crippen LogP contribution in [-0.2, 0) is 23.6 Å². The van der Waals surface area contributed by atoms with Crippen LogP contribution in [0.1, 0.15) is 17.0 Å². The van der Waals surface area contributed by atoms with Crippen LogP contribution in [0.25, 0.3) is 22.3 Å². The fourth-order valence-electron chi connectivity index (χ4n) is 3.67. The summed E-state index contributed by atoms with van der Waals surface area (Å²) >= 11 is 0. The molecule has 1 aromatic carbocycles. The van der Waals surface area contributed by atoms with Gasteiger partial charge in [0.05, 0.1) is 24.0 Å². The summed E-state index contributed by atoms with van der Waals surface area (Å²) in [7, 11) is -2.07. The lowest BCUT2D eigenvalue weighted by Gasteiger charge is -2.12. The Morgan fingerprint density at radius 3 is 2.45 bits per heavy atom. The second kappa shape index (κ2) is 8.07. The van der Waals surface area contributed by atoms with Gasteiger partial charge in [-0.2, -0.15) is 0 Å². The van der Waals surface area contributed by atoms with Gasteiger partial charge in [-0.25, -0.2) is 27.2 Å². The van der Waals surface area contributed by atoms with Gasteiger partial charge in [0, 0.05) is 36.0 Å². The van der Waals surface area contributed by atoms with E-state index in [1.807, 2.05) is 0 Å². The topological polar surface area (TPSA) is 98.9 Å². The van der Waals surface area contributed by atoms with Gasteiger partial charge in [0.2, 0.25) is 10.0 Å². The van der Waals surface area contributed by atoms with Crippen molar-refractivity contribution in [1.82, 2.24) is 19.1 Å². The first-order valence-electron chi connectivity index (χ1n) is 9.90. The maximum atomic E-state index is 14.3. The lowest BCUT2D eigenvalue weighted by molar-refractivity contribution is 0.566. The zero-order chi connectivity index (χ0) is 24.1. The van der Waals surface area contributed by atoms with E-state index in [4.69, 9.17) is 0 Å². The van der Waals surface area contributed by atoms with E-state index in [2.05, 4.69) is 14.7 Å². The molecule has 0 spiro atoms. The van der Waals surface area contributed by atoms with Gasteiger partial charge in [0.25, 0.3) is 5.56 Å². The van der Waals surface area contributed by atoms with Crippen molar-refractivity contribution in [2.24, 2.45) is 7.05 Å².